The van der Waals surface area contributed by atoms with Crippen LogP contribution in [0.4, 0.5) is 11.7 Å². The number of hydrogen-bond donors (Lipinski definition) is 0. The molecule has 0 saturated heterocycles. The fraction of sp³-hybridized carbons (Fsp3) is 0.600. The fourth-order valence-electron chi connectivity index (χ4n) is 3.09. The average Bonchev–Trinajstić information content (AvgIpc) is 2.39. The third-order valence-corrected chi connectivity index (χ3v) is 4.97. The normalized spacial score (nSPS) is 25.3. The van der Waals surface area contributed by atoms with E-state index >= 15 is 0 Å². The van der Waals surface area contributed by atoms with Crippen LogP contribution in [0.1, 0.15) is 56.9 Å². The van der Waals surface area contributed by atoms with Crippen LogP contribution in [0.15, 0.2) is 29.2 Å². The van der Waals surface area contributed by atoms with E-state index < -0.39 is 16.1 Å². The van der Waals surface area contributed by atoms with Gasteiger partial charge in [0.15, 0.2) is 0 Å². The summed E-state index contributed by atoms with van der Waals surface area (Å²) < 4.78 is 37.7. The van der Waals surface area contributed by atoms with Gasteiger partial charge < -0.3 is 0 Å². The highest BCUT2D eigenvalue weighted by atomic mass is 32.3. The molecule has 0 aliphatic heterocycles. The first-order valence-corrected chi connectivity index (χ1v) is 8.36. The van der Waals surface area contributed by atoms with Crippen molar-refractivity contribution in [1.82, 2.24) is 0 Å². The average molecular weight is 290 g/mol. The van der Waals surface area contributed by atoms with Gasteiger partial charge in [0, 0.05) is 0 Å². The van der Waals surface area contributed by atoms with E-state index in [2.05, 4.69) is 6.92 Å². The van der Waals surface area contributed by atoms with E-state index in [9.17, 15) is 11.7 Å². The molecule has 4 heteroatoms. The van der Waals surface area contributed by atoms with Crippen molar-refractivity contribution in [2.45, 2.75) is 56.3 Å². The maximum Gasteiger partial charge on any atom is 0.237 e. The monoisotopic (exact) mass is 290 g/mol. The van der Waals surface area contributed by atoms with Crippen molar-refractivity contribution >= 4 is 11.2 Å². The molecule has 0 unspecified atom stereocenters. The molecular weight excluding hydrogens is 269 g/mol. The number of hydrogen-bond acceptors (Lipinski definition) is 0. The minimum absolute atomic E-state index is 0.462. The van der Waals surface area contributed by atoms with Gasteiger partial charge in [-0.1, -0.05) is 31.9 Å². The molecular formula is C15H21F3S. The van der Waals surface area contributed by atoms with E-state index in [0.717, 1.165) is 24.3 Å². The Morgan fingerprint density at radius 3 is 2.05 bits per heavy atom. The van der Waals surface area contributed by atoms with Gasteiger partial charge in [-0.3, -0.25) is 0 Å². The lowest BCUT2D eigenvalue weighted by molar-refractivity contribution is 0.308. The maximum atomic E-state index is 12.6. The lowest BCUT2D eigenvalue weighted by Gasteiger charge is -2.28. The van der Waals surface area contributed by atoms with Crippen molar-refractivity contribution in [3.05, 3.63) is 29.8 Å². The first kappa shape index (κ1) is 14.8. The van der Waals surface area contributed by atoms with Crippen LogP contribution < -0.4 is 0 Å². The molecule has 0 heterocycles. The Hall–Kier alpha value is -0.640. The highest BCUT2D eigenvalue weighted by molar-refractivity contribution is 8.20. The SMILES string of the molecule is CCC[C@H]1CC[C@H](c2ccc(S(F)(F)F)cc2)CC1. The minimum Gasteiger partial charge on any atom is -0.120 e. The van der Waals surface area contributed by atoms with Gasteiger partial charge in [0.1, 0.15) is 0 Å². The second kappa shape index (κ2) is 6.21. The van der Waals surface area contributed by atoms with Crippen LogP contribution in [0, 0.1) is 5.92 Å². The van der Waals surface area contributed by atoms with Crippen molar-refractivity contribution < 1.29 is 11.7 Å². The third-order valence-electron chi connectivity index (χ3n) is 4.16. The lowest BCUT2D eigenvalue weighted by Crippen LogP contribution is -2.13. The summed E-state index contributed by atoms with van der Waals surface area (Å²) in [6.45, 7) is 2.21. The van der Waals surface area contributed by atoms with Gasteiger partial charge in [-0.15, -0.1) is 11.7 Å². The predicted molar refractivity (Wildman–Crippen MR) is 75.2 cm³/mol. The summed E-state index contributed by atoms with van der Waals surface area (Å²) in [4.78, 5) is -0.462. The van der Waals surface area contributed by atoms with Crippen molar-refractivity contribution in [3.8, 4) is 0 Å². The molecule has 1 saturated carbocycles. The zero-order valence-electron chi connectivity index (χ0n) is 11.2. The minimum atomic E-state index is -5.07. The molecule has 0 spiro atoms. The molecule has 19 heavy (non-hydrogen) atoms. The number of benzene rings is 1. The van der Waals surface area contributed by atoms with Crippen LogP contribution in [0.2, 0.25) is 0 Å². The second-order valence-corrected chi connectivity index (χ2v) is 6.77. The van der Waals surface area contributed by atoms with Gasteiger partial charge in [-0.05, 0) is 55.2 Å². The van der Waals surface area contributed by atoms with E-state index in [-0.39, 0.29) is 0 Å². The first-order chi connectivity index (χ1) is 9.00. The molecule has 0 aromatic heterocycles. The van der Waals surface area contributed by atoms with Crippen LogP contribution >= 0.6 is 11.2 Å². The Bertz CT molecular complexity index is 389. The molecule has 0 N–H and O–H groups in total. The number of halogens is 3. The summed E-state index contributed by atoms with van der Waals surface area (Å²) in [5.74, 6) is 1.30. The summed E-state index contributed by atoms with van der Waals surface area (Å²) in [5, 5.41) is 0. The smallest absolute Gasteiger partial charge is 0.120 e. The summed E-state index contributed by atoms with van der Waals surface area (Å²) in [5.41, 5.74) is 1.09. The molecule has 0 atom stereocenters. The van der Waals surface area contributed by atoms with E-state index in [1.807, 2.05) is 0 Å². The molecule has 1 aromatic carbocycles. The van der Waals surface area contributed by atoms with Gasteiger partial charge in [0.25, 0.3) is 0 Å². The third kappa shape index (κ3) is 3.91. The zero-order chi connectivity index (χ0) is 13.9. The topological polar surface area (TPSA) is 0 Å². The highest BCUT2D eigenvalue weighted by Gasteiger charge is 2.25. The fourth-order valence-corrected chi connectivity index (χ4v) is 3.53. The summed E-state index contributed by atoms with van der Waals surface area (Å²) in [6.07, 6.45) is 7.24. The Labute approximate surface area is 115 Å². The molecule has 0 amide bonds. The van der Waals surface area contributed by atoms with E-state index in [0.29, 0.717) is 5.92 Å². The molecule has 1 aromatic rings. The molecule has 108 valence electrons. The van der Waals surface area contributed by atoms with Gasteiger partial charge >= 0.3 is 0 Å². The van der Waals surface area contributed by atoms with Crippen LogP contribution in [0.25, 0.3) is 0 Å². The summed E-state index contributed by atoms with van der Waals surface area (Å²) in [6, 6.07) is 5.87. The number of rotatable bonds is 4. The Morgan fingerprint density at radius 1 is 1.00 bits per heavy atom. The maximum absolute atomic E-state index is 12.6. The summed E-state index contributed by atoms with van der Waals surface area (Å²) >= 11 is -5.07. The molecule has 1 aliphatic carbocycles. The van der Waals surface area contributed by atoms with Gasteiger partial charge in [-0.2, -0.15) is 0 Å². The summed E-state index contributed by atoms with van der Waals surface area (Å²) in [7, 11) is 0. The van der Waals surface area contributed by atoms with Crippen molar-refractivity contribution in [3.63, 3.8) is 0 Å². The Balaban J connectivity index is 1.97. The lowest BCUT2D eigenvalue weighted by atomic mass is 9.77. The van der Waals surface area contributed by atoms with E-state index in [1.54, 1.807) is 12.1 Å². The largest absolute Gasteiger partial charge is 0.237 e. The van der Waals surface area contributed by atoms with Gasteiger partial charge in [0.05, 0.1) is 4.90 Å². The van der Waals surface area contributed by atoms with Crippen LogP contribution in [-0.4, -0.2) is 0 Å². The van der Waals surface area contributed by atoms with Gasteiger partial charge in [0.2, 0.25) is 11.2 Å². The second-order valence-electron chi connectivity index (χ2n) is 5.48. The van der Waals surface area contributed by atoms with Crippen molar-refractivity contribution in [1.29, 1.82) is 0 Å². The van der Waals surface area contributed by atoms with Gasteiger partial charge in [-0.25, -0.2) is 0 Å². The molecule has 0 nitrogen and oxygen atoms in total. The molecule has 2 rings (SSSR count). The van der Waals surface area contributed by atoms with Crippen molar-refractivity contribution in [2.75, 3.05) is 0 Å². The first-order valence-electron chi connectivity index (χ1n) is 7.03. The molecule has 1 fully saturated rings. The Morgan fingerprint density at radius 2 is 1.58 bits per heavy atom. The molecule has 1 aliphatic rings. The standard InChI is InChI=1S/C15H21F3S/c1-2-3-12-4-6-13(7-5-12)14-8-10-15(11-9-14)19(16,17)18/h8-13H,2-7H2,1H3/t12-,13-. The highest BCUT2D eigenvalue weighted by Crippen LogP contribution is 2.60. The van der Waals surface area contributed by atoms with Crippen LogP contribution in [-0.2, 0) is 0 Å². The van der Waals surface area contributed by atoms with Crippen molar-refractivity contribution in [2.24, 2.45) is 5.92 Å². The zero-order valence-corrected chi connectivity index (χ0v) is 12.1. The van der Waals surface area contributed by atoms with Crippen LogP contribution in [0.3, 0.4) is 0 Å². The predicted octanol–water partition coefficient (Wildman–Crippen LogP) is 6.58. The van der Waals surface area contributed by atoms with Crippen LogP contribution in [0.5, 0.6) is 0 Å². The Kier molecular flexibility index (Phi) is 4.82. The van der Waals surface area contributed by atoms with E-state index in [1.165, 1.54) is 37.8 Å². The molecule has 0 radical (unpaired) electrons. The van der Waals surface area contributed by atoms with E-state index in [4.69, 9.17) is 0 Å². The quantitative estimate of drug-likeness (QED) is 0.587. The molecule has 0 bridgehead atoms.